The average Bonchev–Trinajstić information content (AvgIpc) is 1.95. The van der Waals surface area contributed by atoms with E-state index in [1.807, 2.05) is 0 Å². The van der Waals surface area contributed by atoms with Crippen molar-refractivity contribution in [1.29, 1.82) is 0 Å². The molecule has 0 aromatic heterocycles. The van der Waals surface area contributed by atoms with Gasteiger partial charge in [0.1, 0.15) is 5.60 Å². The van der Waals surface area contributed by atoms with E-state index in [2.05, 4.69) is 0 Å². The van der Waals surface area contributed by atoms with Crippen LogP contribution < -0.4 is 0 Å². The van der Waals surface area contributed by atoms with Crippen molar-refractivity contribution in [3.8, 4) is 0 Å². The zero-order valence-electron chi connectivity index (χ0n) is 9.48. The molecule has 0 aliphatic carbocycles. The standard InChI is InChI=1S/C10H18O5/c1-6(11)7(9(13)14)5-8(12)15-10(2,3)4/h6-7,11H,5H2,1-4H3,(H,13,14)/t6-,7+/m0/s1. The molecule has 0 aliphatic rings. The zero-order valence-corrected chi connectivity index (χ0v) is 9.48. The van der Waals surface area contributed by atoms with Crippen LogP contribution in [0.3, 0.4) is 0 Å². The Kier molecular flexibility index (Phi) is 4.74. The second-order valence-corrected chi connectivity index (χ2v) is 4.48. The molecule has 88 valence electrons. The first-order valence-corrected chi connectivity index (χ1v) is 4.76. The van der Waals surface area contributed by atoms with E-state index >= 15 is 0 Å². The van der Waals surface area contributed by atoms with Crippen molar-refractivity contribution >= 4 is 11.9 Å². The van der Waals surface area contributed by atoms with Crippen molar-refractivity contribution in [3.05, 3.63) is 0 Å². The third-order valence-electron chi connectivity index (χ3n) is 1.71. The normalized spacial score (nSPS) is 15.5. The minimum atomic E-state index is -1.20. The number of hydrogen-bond donors (Lipinski definition) is 2. The van der Waals surface area contributed by atoms with Gasteiger partial charge >= 0.3 is 11.9 Å². The fourth-order valence-electron chi connectivity index (χ4n) is 1.03. The number of aliphatic carboxylic acids is 1. The molecule has 0 amide bonds. The van der Waals surface area contributed by atoms with E-state index in [0.717, 1.165) is 0 Å². The van der Waals surface area contributed by atoms with Gasteiger partial charge in [0.15, 0.2) is 0 Å². The van der Waals surface area contributed by atoms with Crippen LogP contribution in [0.15, 0.2) is 0 Å². The highest BCUT2D eigenvalue weighted by Crippen LogP contribution is 2.14. The highest BCUT2D eigenvalue weighted by atomic mass is 16.6. The van der Waals surface area contributed by atoms with Crippen molar-refractivity contribution in [2.45, 2.75) is 45.8 Å². The van der Waals surface area contributed by atoms with Crippen molar-refractivity contribution in [1.82, 2.24) is 0 Å². The summed E-state index contributed by atoms with van der Waals surface area (Å²) < 4.78 is 4.96. The van der Waals surface area contributed by atoms with E-state index in [-0.39, 0.29) is 6.42 Å². The minimum absolute atomic E-state index is 0.315. The number of aliphatic hydroxyl groups is 1. The fourth-order valence-corrected chi connectivity index (χ4v) is 1.03. The number of rotatable bonds is 4. The lowest BCUT2D eigenvalue weighted by molar-refractivity contribution is -0.162. The SMILES string of the molecule is C[C@H](O)[C@@H](CC(=O)OC(C)(C)C)C(=O)O. The van der Waals surface area contributed by atoms with Crippen LogP contribution in [0, 0.1) is 5.92 Å². The molecule has 0 saturated heterocycles. The van der Waals surface area contributed by atoms with Gasteiger partial charge in [0.25, 0.3) is 0 Å². The first kappa shape index (κ1) is 13.9. The van der Waals surface area contributed by atoms with E-state index in [1.54, 1.807) is 20.8 Å². The number of carboxylic acids is 1. The molecule has 2 N–H and O–H groups in total. The quantitative estimate of drug-likeness (QED) is 0.682. The summed E-state index contributed by atoms with van der Waals surface area (Å²) in [5.41, 5.74) is -0.640. The molecule has 0 unspecified atom stereocenters. The Bertz CT molecular complexity index is 239. The Morgan fingerprint density at radius 2 is 1.80 bits per heavy atom. The van der Waals surface area contributed by atoms with Gasteiger partial charge in [-0.15, -0.1) is 0 Å². The van der Waals surface area contributed by atoms with Gasteiger partial charge in [0.05, 0.1) is 18.4 Å². The molecule has 0 aromatic carbocycles. The van der Waals surface area contributed by atoms with Gasteiger partial charge in [-0.25, -0.2) is 0 Å². The molecule has 0 heterocycles. The van der Waals surface area contributed by atoms with Gasteiger partial charge in [-0.3, -0.25) is 9.59 Å². The molecular formula is C10H18O5. The summed E-state index contributed by atoms with van der Waals surface area (Å²) in [7, 11) is 0. The lowest BCUT2D eigenvalue weighted by atomic mass is 10.00. The number of ether oxygens (including phenoxy) is 1. The third kappa shape index (κ3) is 6.06. The lowest BCUT2D eigenvalue weighted by Gasteiger charge is -2.21. The van der Waals surface area contributed by atoms with Gasteiger partial charge in [0.2, 0.25) is 0 Å². The van der Waals surface area contributed by atoms with Gasteiger partial charge in [-0.1, -0.05) is 0 Å². The van der Waals surface area contributed by atoms with Gasteiger partial charge in [0, 0.05) is 0 Å². The molecule has 0 radical (unpaired) electrons. The van der Waals surface area contributed by atoms with Crippen LogP contribution in [0.5, 0.6) is 0 Å². The zero-order chi connectivity index (χ0) is 12.2. The van der Waals surface area contributed by atoms with E-state index in [9.17, 15) is 9.59 Å². The van der Waals surface area contributed by atoms with E-state index in [1.165, 1.54) is 6.92 Å². The molecule has 0 aliphatic heterocycles. The van der Waals surface area contributed by atoms with Crippen LogP contribution in [0.4, 0.5) is 0 Å². The number of carbonyl (C=O) groups is 2. The lowest BCUT2D eigenvalue weighted by Crippen LogP contribution is -2.31. The highest BCUT2D eigenvalue weighted by Gasteiger charge is 2.28. The molecule has 0 bridgehead atoms. The first-order valence-electron chi connectivity index (χ1n) is 4.76. The van der Waals surface area contributed by atoms with Crippen molar-refractivity contribution in [3.63, 3.8) is 0 Å². The Labute approximate surface area is 89.0 Å². The maximum atomic E-state index is 11.3. The molecule has 0 rings (SSSR count). The summed E-state index contributed by atoms with van der Waals surface area (Å²) in [5, 5.41) is 17.9. The fraction of sp³-hybridized carbons (Fsp3) is 0.800. The predicted molar refractivity (Wildman–Crippen MR) is 53.3 cm³/mol. The van der Waals surface area contributed by atoms with Crippen LogP contribution in [0.1, 0.15) is 34.1 Å². The summed E-state index contributed by atoms with van der Waals surface area (Å²) in [4.78, 5) is 22.0. The summed E-state index contributed by atoms with van der Waals surface area (Å²) >= 11 is 0. The number of aliphatic hydroxyl groups excluding tert-OH is 1. The number of hydrogen-bond acceptors (Lipinski definition) is 4. The Balaban J connectivity index is 4.31. The van der Waals surface area contributed by atoms with Crippen LogP contribution in [-0.4, -0.2) is 33.9 Å². The number of carboxylic acid groups (broad SMARTS) is 1. The van der Waals surface area contributed by atoms with Gasteiger partial charge < -0.3 is 14.9 Å². The van der Waals surface area contributed by atoms with Crippen LogP contribution in [0.2, 0.25) is 0 Å². The van der Waals surface area contributed by atoms with Crippen molar-refractivity contribution in [2.75, 3.05) is 0 Å². The second kappa shape index (κ2) is 5.11. The Morgan fingerprint density at radius 1 is 1.33 bits per heavy atom. The van der Waals surface area contributed by atoms with Crippen LogP contribution in [-0.2, 0) is 14.3 Å². The number of esters is 1. The molecule has 0 spiro atoms. The third-order valence-corrected chi connectivity index (χ3v) is 1.71. The van der Waals surface area contributed by atoms with Crippen LogP contribution >= 0.6 is 0 Å². The predicted octanol–water partition coefficient (Wildman–Crippen LogP) is 0.800. The van der Waals surface area contributed by atoms with Gasteiger partial charge in [-0.05, 0) is 27.7 Å². The Morgan fingerprint density at radius 3 is 2.07 bits per heavy atom. The molecule has 15 heavy (non-hydrogen) atoms. The Hall–Kier alpha value is -1.10. The number of carbonyl (C=O) groups excluding carboxylic acids is 1. The van der Waals surface area contributed by atoms with Crippen LogP contribution in [0.25, 0.3) is 0 Å². The topological polar surface area (TPSA) is 83.8 Å². The summed E-state index contributed by atoms with van der Waals surface area (Å²) in [6.07, 6.45) is -1.39. The molecule has 0 saturated carbocycles. The maximum absolute atomic E-state index is 11.3. The van der Waals surface area contributed by atoms with E-state index in [4.69, 9.17) is 14.9 Å². The van der Waals surface area contributed by atoms with E-state index < -0.39 is 29.6 Å². The maximum Gasteiger partial charge on any atom is 0.309 e. The molecule has 0 fully saturated rings. The largest absolute Gasteiger partial charge is 0.481 e. The molecule has 2 atom stereocenters. The van der Waals surface area contributed by atoms with E-state index in [0.29, 0.717) is 0 Å². The summed E-state index contributed by atoms with van der Waals surface area (Å²) in [5.74, 6) is -2.92. The first-order chi connectivity index (χ1) is 6.63. The van der Waals surface area contributed by atoms with Crippen molar-refractivity contribution in [2.24, 2.45) is 5.92 Å². The van der Waals surface area contributed by atoms with Gasteiger partial charge in [-0.2, -0.15) is 0 Å². The summed E-state index contributed by atoms with van der Waals surface area (Å²) in [6, 6.07) is 0. The molecule has 0 aromatic rings. The molecule has 5 nitrogen and oxygen atoms in total. The summed E-state index contributed by atoms with van der Waals surface area (Å²) in [6.45, 7) is 6.43. The average molecular weight is 218 g/mol. The monoisotopic (exact) mass is 218 g/mol. The molecule has 5 heteroatoms. The second-order valence-electron chi connectivity index (χ2n) is 4.48. The smallest absolute Gasteiger partial charge is 0.309 e. The molecular weight excluding hydrogens is 200 g/mol. The minimum Gasteiger partial charge on any atom is -0.481 e. The van der Waals surface area contributed by atoms with Crippen molar-refractivity contribution < 1.29 is 24.5 Å². The highest BCUT2D eigenvalue weighted by molar-refractivity contribution is 5.79.